The van der Waals surface area contributed by atoms with E-state index in [1.54, 1.807) is 30.3 Å². The number of fused-ring (bicyclic) bond motifs is 2. The van der Waals surface area contributed by atoms with Crippen molar-refractivity contribution in [1.29, 1.82) is 0 Å². The van der Waals surface area contributed by atoms with Crippen LogP contribution in [0, 0.1) is 0 Å². The Bertz CT molecular complexity index is 1240. The normalized spacial score (nSPS) is 11.6. The van der Waals surface area contributed by atoms with Gasteiger partial charge >= 0.3 is 10.1 Å². The van der Waals surface area contributed by atoms with Gasteiger partial charge in [0.1, 0.15) is 10.6 Å². The predicted molar refractivity (Wildman–Crippen MR) is 111 cm³/mol. The molecule has 5 heteroatoms. The van der Waals surface area contributed by atoms with Crippen molar-refractivity contribution in [2.45, 2.75) is 18.2 Å². The third kappa shape index (κ3) is 3.41. The zero-order valence-electron chi connectivity index (χ0n) is 15.5. The third-order valence-corrected chi connectivity index (χ3v) is 5.82. The average molecular weight is 392 g/mol. The van der Waals surface area contributed by atoms with E-state index in [0.717, 1.165) is 22.6 Å². The molecule has 28 heavy (non-hydrogen) atoms. The first-order valence-electron chi connectivity index (χ1n) is 9.17. The molecule has 0 aromatic heterocycles. The lowest BCUT2D eigenvalue weighted by atomic mass is 10.1. The van der Waals surface area contributed by atoms with Crippen LogP contribution in [-0.2, 0) is 10.1 Å². The monoisotopic (exact) mass is 392 g/mol. The maximum absolute atomic E-state index is 13.1. The van der Waals surface area contributed by atoms with Crippen molar-refractivity contribution in [1.82, 2.24) is 0 Å². The molecule has 0 radical (unpaired) electrons. The maximum Gasteiger partial charge on any atom is 0.339 e. The van der Waals surface area contributed by atoms with Gasteiger partial charge in [-0.25, -0.2) is 0 Å². The fourth-order valence-corrected chi connectivity index (χ4v) is 4.38. The molecule has 4 aromatic rings. The van der Waals surface area contributed by atoms with Crippen LogP contribution < -0.4 is 8.92 Å². The second-order valence-electron chi connectivity index (χ2n) is 6.47. The Kier molecular flexibility index (Phi) is 4.92. The van der Waals surface area contributed by atoms with Gasteiger partial charge in [0.2, 0.25) is 0 Å². The molecule has 4 nitrogen and oxygen atoms in total. The second kappa shape index (κ2) is 7.52. The van der Waals surface area contributed by atoms with Crippen molar-refractivity contribution >= 4 is 31.7 Å². The van der Waals surface area contributed by atoms with E-state index in [-0.39, 0.29) is 4.90 Å². The fourth-order valence-electron chi connectivity index (χ4n) is 3.23. The summed E-state index contributed by atoms with van der Waals surface area (Å²) in [6.07, 6.45) is 0.874. The van der Waals surface area contributed by atoms with E-state index in [1.165, 1.54) is 0 Å². The van der Waals surface area contributed by atoms with Crippen LogP contribution in [-0.4, -0.2) is 15.0 Å². The SMILES string of the molecule is CCCOc1ccc(S(=O)(=O)Oc2cccc3ccccc23)c2ccccc12. The molecule has 0 fully saturated rings. The van der Waals surface area contributed by atoms with Crippen LogP contribution in [0.3, 0.4) is 0 Å². The summed E-state index contributed by atoms with van der Waals surface area (Å²) in [6.45, 7) is 2.60. The van der Waals surface area contributed by atoms with Gasteiger partial charge in [0.05, 0.1) is 6.61 Å². The molecule has 0 aliphatic heterocycles. The molecule has 0 N–H and O–H groups in total. The highest BCUT2D eigenvalue weighted by atomic mass is 32.2. The van der Waals surface area contributed by atoms with Crippen LogP contribution in [0.25, 0.3) is 21.5 Å². The molecule has 0 atom stereocenters. The molecule has 0 bridgehead atoms. The van der Waals surface area contributed by atoms with Gasteiger partial charge in [-0.05, 0) is 30.0 Å². The molecule has 4 rings (SSSR count). The Morgan fingerprint density at radius 3 is 2.18 bits per heavy atom. The molecule has 142 valence electrons. The summed E-state index contributed by atoms with van der Waals surface area (Å²) in [5.41, 5.74) is 0. The van der Waals surface area contributed by atoms with Gasteiger partial charge in [-0.15, -0.1) is 0 Å². The molecule has 0 amide bonds. The van der Waals surface area contributed by atoms with Gasteiger partial charge in [0, 0.05) is 16.2 Å². The van der Waals surface area contributed by atoms with Crippen LogP contribution >= 0.6 is 0 Å². The average Bonchev–Trinajstić information content (AvgIpc) is 2.72. The summed E-state index contributed by atoms with van der Waals surface area (Å²) in [4.78, 5) is 0.125. The summed E-state index contributed by atoms with van der Waals surface area (Å²) in [6, 6.07) is 23.4. The molecule has 0 aliphatic carbocycles. The lowest BCUT2D eigenvalue weighted by Gasteiger charge is -2.14. The first kappa shape index (κ1) is 18.3. The van der Waals surface area contributed by atoms with E-state index < -0.39 is 10.1 Å². The lowest BCUT2D eigenvalue weighted by molar-refractivity contribution is 0.321. The van der Waals surface area contributed by atoms with Crippen LogP contribution in [0.2, 0.25) is 0 Å². The van der Waals surface area contributed by atoms with Gasteiger partial charge < -0.3 is 8.92 Å². The Morgan fingerprint density at radius 1 is 0.714 bits per heavy atom. The van der Waals surface area contributed by atoms with Gasteiger partial charge in [-0.2, -0.15) is 8.42 Å². The molecule has 0 heterocycles. The molecular weight excluding hydrogens is 372 g/mol. The summed E-state index contributed by atoms with van der Waals surface area (Å²) in [5, 5.41) is 3.00. The Hall–Kier alpha value is -3.05. The lowest BCUT2D eigenvalue weighted by Crippen LogP contribution is -2.11. The van der Waals surface area contributed by atoms with Gasteiger partial charge in [-0.3, -0.25) is 0 Å². The van der Waals surface area contributed by atoms with E-state index in [0.29, 0.717) is 23.5 Å². The minimum absolute atomic E-state index is 0.125. The van der Waals surface area contributed by atoms with Gasteiger partial charge in [0.15, 0.2) is 5.75 Å². The van der Waals surface area contributed by atoms with Crippen molar-refractivity contribution in [3.63, 3.8) is 0 Å². The van der Waals surface area contributed by atoms with Crippen molar-refractivity contribution in [2.24, 2.45) is 0 Å². The predicted octanol–water partition coefficient (Wildman–Crippen LogP) is 5.55. The standard InChI is InChI=1S/C23H20O4S/c1-2-16-26-21-14-15-23(20-12-6-5-11-19(20)21)28(24,25)27-22-13-7-9-17-8-3-4-10-18(17)22/h3-15H,2,16H2,1H3. The minimum atomic E-state index is -4.02. The fraction of sp³-hybridized carbons (Fsp3) is 0.130. The molecule has 0 saturated carbocycles. The molecule has 0 unspecified atom stereocenters. The van der Waals surface area contributed by atoms with Crippen molar-refractivity contribution in [3.05, 3.63) is 78.9 Å². The first-order chi connectivity index (χ1) is 13.6. The third-order valence-electron chi connectivity index (χ3n) is 4.52. The summed E-state index contributed by atoms with van der Waals surface area (Å²) in [7, 11) is -4.02. The van der Waals surface area contributed by atoms with Crippen molar-refractivity contribution in [2.75, 3.05) is 6.61 Å². The maximum atomic E-state index is 13.1. The van der Waals surface area contributed by atoms with E-state index >= 15 is 0 Å². The smallest absolute Gasteiger partial charge is 0.339 e. The number of hydrogen-bond acceptors (Lipinski definition) is 4. The summed E-state index contributed by atoms with van der Waals surface area (Å²) >= 11 is 0. The molecule has 0 spiro atoms. The number of ether oxygens (including phenoxy) is 1. The highest BCUT2D eigenvalue weighted by Gasteiger charge is 2.22. The van der Waals surface area contributed by atoms with Crippen LogP contribution in [0.4, 0.5) is 0 Å². The van der Waals surface area contributed by atoms with Crippen LogP contribution in [0.15, 0.2) is 83.8 Å². The van der Waals surface area contributed by atoms with E-state index in [4.69, 9.17) is 8.92 Å². The largest absolute Gasteiger partial charge is 0.493 e. The number of benzene rings is 4. The van der Waals surface area contributed by atoms with E-state index in [2.05, 4.69) is 0 Å². The van der Waals surface area contributed by atoms with E-state index in [9.17, 15) is 8.42 Å². The number of rotatable bonds is 6. The topological polar surface area (TPSA) is 52.6 Å². The molecule has 0 aliphatic rings. The van der Waals surface area contributed by atoms with Crippen LogP contribution in [0.1, 0.15) is 13.3 Å². The highest BCUT2D eigenvalue weighted by molar-refractivity contribution is 7.87. The van der Waals surface area contributed by atoms with Crippen molar-refractivity contribution < 1.29 is 17.3 Å². The Balaban J connectivity index is 1.80. The number of hydrogen-bond donors (Lipinski definition) is 0. The Morgan fingerprint density at radius 2 is 1.39 bits per heavy atom. The quantitative estimate of drug-likeness (QED) is 0.404. The summed E-state index contributed by atoms with van der Waals surface area (Å²) < 4.78 is 37.6. The summed E-state index contributed by atoms with van der Waals surface area (Å²) in [5.74, 6) is 0.982. The first-order valence-corrected chi connectivity index (χ1v) is 10.6. The zero-order chi connectivity index (χ0) is 19.6. The molecular formula is C23H20O4S. The highest BCUT2D eigenvalue weighted by Crippen LogP contribution is 2.34. The molecule has 4 aromatic carbocycles. The minimum Gasteiger partial charge on any atom is -0.493 e. The van der Waals surface area contributed by atoms with Gasteiger partial charge in [0.25, 0.3) is 0 Å². The second-order valence-corrected chi connectivity index (χ2v) is 7.99. The van der Waals surface area contributed by atoms with E-state index in [1.807, 2.05) is 55.5 Å². The van der Waals surface area contributed by atoms with Gasteiger partial charge in [-0.1, -0.05) is 67.6 Å². The van der Waals surface area contributed by atoms with Crippen molar-refractivity contribution in [3.8, 4) is 11.5 Å². The van der Waals surface area contributed by atoms with Crippen LogP contribution in [0.5, 0.6) is 11.5 Å². The molecule has 0 saturated heterocycles. The Labute approximate surface area is 164 Å². The zero-order valence-corrected chi connectivity index (χ0v) is 16.3.